The summed E-state index contributed by atoms with van der Waals surface area (Å²) in [6.07, 6.45) is 6.19. The molecular formula is C14H26Cl2N4. The maximum atomic E-state index is 5.82. The van der Waals surface area contributed by atoms with Crippen molar-refractivity contribution in [2.45, 2.75) is 51.5 Å². The average molecular weight is 321 g/mol. The van der Waals surface area contributed by atoms with Crippen molar-refractivity contribution in [1.82, 2.24) is 9.97 Å². The first kappa shape index (κ1) is 19.4. The molecule has 3 N–H and O–H groups in total. The molecular weight excluding hydrogens is 295 g/mol. The van der Waals surface area contributed by atoms with E-state index in [0.29, 0.717) is 12.0 Å². The summed E-state index contributed by atoms with van der Waals surface area (Å²) in [6, 6.07) is 2.45. The largest absolute Gasteiger partial charge is 0.370 e. The second kappa shape index (κ2) is 9.37. The molecule has 1 aromatic heterocycles. The first-order valence-corrected chi connectivity index (χ1v) is 7.04. The summed E-state index contributed by atoms with van der Waals surface area (Å²) in [5.41, 5.74) is 6.96. The molecule has 1 aliphatic carbocycles. The summed E-state index contributed by atoms with van der Waals surface area (Å²) >= 11 is 0. The van der Waals surface area contributed by atoms with Gasteiger partial charge in [-0.25, -0.2) is 9.97 Å². The zero-order valence-electron chi connectivity index (χ0n) is 12.2. The lowest BCUT2D eigenvalue weighted by atomic mass is 9.78. The minimum absolute atomic E-state index is 0. The van der Waals surface area contributed by atoms with Crippen LogP contribution in [0.1, 0.15) is 51.1 Å². The molecule has 1 heterocycles. The van der Waals surface area contributed by atoms with Crippen LogP contribution in [0, 0.1) is 5.92 Å². The van der Waals surface area contributed by atoms with Gasteiger partial charge in [-0.3, -0.25) is 0 Å². The molecule has 1 aliphatic rings. The van der Waals surface area contributed by atoms with Gasteiger partial charge in [0.2, 0.25) is 0 Å². The minimum Gasteiger partial charge on any atom is -0.370 e. The van der Waals surface area contributed by atoms with Crippen LogP contribution in [-0.2, 0) is 0 Å². The van der Waals surface area contributed by atoms with Gasteiger partial charge in [0.25, 0.3) is 0 Å². The molecule has 0 radical (unpaired) electrons. The summed E-state index contributed by atoms with van der Waals surface area (Å²) in [5, 5.41) is 3.42. The van der Waals surface area contributed by atoms with Crippen LogP contribution in [-0.4, -0.2) is 22.6 Å². The lowest BCUT2D eigenvalue weighted by Crippen LogP contribution is -2.35. The van der Waals surface area contributed by atoms with Crippen molar-refractivity contribution in [1.29, 1.82) is 0 Å². The van der Waals surface area contributed by atoms with Crippen LogP contribution in [0.25, 0.3) is 0 Å². The van der Waals surface area contributed by atoms with Gasteiger partial charge in [-0.15, -0.1) is 24.8 Å². The van der Waals surface area contributed by atoms with Gasteiger partial charge in [-0.1, -0.05) is 26.7 Å². The number of rotatable bonds is 6. The Balaban J connectivity index is 0.00000180. The van der Waals surface area contributed by atoms with Gasteiger partial charge in [-0.2, -0.15) is 0 Å². The predicted molar refractivity (Wildman–Crippen MR) is 89.0 cm³/mol. The van der Waals surface area contributed by atoms with E-state index in [4.69, 9.17) is 5.73 Å². The first-order chi connectivity index (χ1) is 8.72. The molecule has 1 saturated carbocycles. The van der Waals surface area contributed by atoms with Gasteiger partial charge in [0, 0.05) is 30.3 Å². The summed E-state index contributed by atoms with van der Waals surface area (Å²) in [6.45, 7) is 5.46. The second-order valence-electron chi connectivity index (χ2n) is 5.32. The van der Waals surface area contributed by atoms with Gasteiger partial charge in [0.15, 0.2) is 0 Å². The topological polar surface area (TPSA) is 63.8 Å². The van der Waals surface area contributed by atoms with E-state index in [1.807, 2.05) is 0 Å². The summed E-state index contributed by atoms with van der Waals surface area (Å²) in [4.78, 5) is 8.64. The van der Waals surface area contributed by atoms with Crippen molar-refractivity contribution in [3.8, 4) is 0 Å². The number of hydrogen-bond donors (Lipinski definition) is 2. The van der Waals surface area contributed by atoms with Crippen molar-refractivity contribution in [2.24, 2.45) is 11.7 Å². The average Bonchev–Trinajstić information content (AvgIpc) is 2.37. The van der Waals surface area contributed by atoms with E-state index < -0.39 is 0 Å². The molecule has 1 fully saturated rings. The maximum Gasteiger partial charge on any atom is 0.129 e. The highest BCUT2D eigenvalue weighted by molar-refractivity contribution is 5.85. The summed E-state index contributed by atoms with van der Waals surface area (Å²) < 4.78 is 0. The fourth-order valence-electron chi connectivity index (χ4n) is 2.42. The van der Waals surface area contributed by atoms with E-state index >= 15 is 0 Å². The normalized spacial score (nSPS) is 20.6. The molecule has 20 heavy (non-hydrogen) atoms. The van der Waals surface area contributed by atoms with Gasteiger partial charge in [-0.05, 0) is 18.8 Å². The lowest BCUT2D eigenvalue weighted by molar-refractivity contribution is 0.345. The molecule has 116 valence electrons. The molecule has 4 nitrogen and oxygen atoms in total. The molecule has 6 heteroatoms. The fourth-order valence-corrected chi connectivity index (χ4v) is 2.42. The zero-order chi connectivity index (χ0) is 13.0. The number of halogens is 2. The highest BCUT2D eigenvalue weighted by atomic mass is 35.5. The van der Waals surface area contributed by atoms with Crippen molar-refractivity contribution < 1.29 is 0 Å². The molecule has 0 saturated heterocycles. The van der Waals surface area contributed by atoms with Crippen molar-refractivity contribution in [3.63, 3.8) is 0 Å². The Labute approximate surface area is 134 Å². The quantitative estimate of drug-likeness (QED) is 0.843. The van der Waals surface area contributed by atoms with Gasteiger partial charge in [0.1, 0.15) is 12.1 Å². The van der Waals surface area contributed by atoms with E-state index in [-0.39, 0.29) is 24.8 Å². The first-order valence-electron chi connectivity index (χ1n) is 7.04. The summed E-state index contributed by atoms with van der Waals surface area (Å²) in [5.74, 6) is 2.21. The van der Waals surface area contributed by atoms with Crippen LogP contribution in [0.3, 0.4) is 0 Å². The number of nitrogens with one attached hydrogen (secondary N) is 1. The Kier molecular flexibility index (Phi) is 9.10. The van der Waals surface area contributed by atoms with Crippen molar-refractivity contribution in [3.05, 3.63) is 18.1 Å². The lowest BCUT2D eigenvalue weighted by Gasteiger charge is -2.31. The molecule has 1 aromatic rings. The number of nitrogens with zero attached hydrogens (tertiary/aromatic N) is 2. The van der Waals surface area contributed by atoms with Crippen LogP contribution in [0.2, 0.25) is 0 Å². The molecule has 0 atom stereocenters. The third-order valence-corrected chi connectivity index (χ3v) is 4.01. The minimum atomic E-state index is 0. The van der Waals surface area contributed by atoms with Gasteiger partial charge in [0.05, 0.1) is 0 Å². The molecule has 0 aliphatic heterocycles. The molecule has 0 bridgehead atoms. The van der Waals surface area contributed by atoms with Crippen LogP contribution < -0.4 is 11.1 Å². The predicted octanol–water partition coefficient (Wildman–Crippen LogP) is 3.37. The SMILES string of the molecule is CCC(CC)CNc1cc(C2CC(N)C2)ncn1.Cl.Cl. The molecule has 0 amide bonds. The van der Waals surface area contributed by atoms with Crippen LogP contribution in [0.15, 0.2) is 12.4 Å². The van der Waals surface area contributed by atoms with E-state index in [1.54, 1.807) is 6.33 Å². The monoisotopic (exact) mass is 320 g/mol. The highest BCUT2D eigenvalue weighted by Crippen LogP contribution is 2.34. The number of aromatic nitrogens is 2. The van der Waals surface area contributed by atoms with Crippen LogP contribution in [0.4, 0.5) is 5.82 Å². The van der Waals surface area contributed by atoms with E-state index in [2.05, 4.69) is 35.2 Å². The number of hydrogen-bond acceptors (Lipinski definition) is 4. The van der Waals surface area contributed by atoms with Crippen molar-refractivity contribution >= 4 is 30.6 Å². The smallest absolute Gasteiger partial charge is 0.129 e. The third kappa shape index (κ3) is 5.08. The van der Waals surface area contributed by atoms with E-state index in [0.717, 1.165) is 36.8 Å². The van der Waals surface area contributed by atoms with Gasteiger partial charge >= 0.3 is 0 Å². The third-order valence-electron chi connectivity index (χ3n) is 4.01. The molecule has 0 unspecified atom stereocenters. The van der Waals surface area contributed by atoms with Crippen LogP contribution >= 0.6 is 24.8 Å². The zero-order valence-corrected chi connectivity index (χ0v) is 13.8. The molecule has 2 rings (SSSR count). The highest BCUT2D eigenvalue weighted by Gasteiger charge is 2.28. The Hall–Kier alpha value is -0.580. The Morgan fingerprint density at radius 3 is 2.45 bits per heavy atom. The second-order valence-corrected chi connectivity index (χ2v) is 5.32. The van der Waals surface area contributed by atoms with E-state index in [1.165, 1.54) is 12.8 Å². The fraction of sp³-hybridized carbons (Fsp3) is 0.714. The number of nitrogens with two attached hydrogens (primary N) is 1. The van der Waals surface area contributed by atoms with E-state index in [9.17, 15) is 0 Å². The number of anilines is 1. The van der Waals surface area contributed by atoms with Crippen molar-refractivity contribution in [2.75, 3.05) is 11.9 Å². The Morgan fingerprint density at radius 1 is 1.25 bits per heavy atom. The maximum absolute atomic E-state index is 5.82. The standard InChI is InChI=1S/C14H24N4.2ClH/c1-3-10(4-2)8-16-14-7-13(17-9-18-14)11-5-12(15)6-11;;/h7,9-12H,3-6,8,15H2,1-2H3,(H,16,17,18);2*1H. The Bertz CT molecular complexity index is 379. The molecule has 0 aromatic carbocycles. The summed E-state index contributed by atoms with van der Waals surface area (Å²) in [7, 11) is 0. The Morgan fingerprint density at radius 2 is 1.90 bits per heavy atom. The van der Waals surface area contributed by atoms with Gasteiger partial charge < -0.3 is 11.1 Å². The molecule has 0 spiro atoms. The van der Waals surface area contributed by atoms with Crippen LogP contribution in [0.5, 0.6) is 0 Å².